The minimum atomic E-state index is -0.577. The lowest BCUT2D eigenvalue weighted by Gasteiger charge is -2.05. The highest BCUT2D eigenvalue weighted by atomic mass is 35.5. The maximum Gasteiger partial charge on any atom is 0.399 e. The Morgan fingerprint density at radius 1 is 0.909 bits per heavy atom. The van der Waals surface area contributed by atoms with Crippen LogP contribution in [0.25, 0.3) is 22.3 Å². The minimum absolute atomic E-state index is 0. The Balaban J connectivity index is 0.00000176. The molecule has 5 N–H and O–H groups in total. The fourth-order valence-corrected chi connectivity index (χ4v) is 2.13. The van der Waals surface area contributed by atoms with Crippen molar-refractivity contribution in [1.82, 2.24) is 0 Å². The van der Waals surface area contributed by atoms with Gasteiger partial charge in [0.2, 0.25) is 0 Å². The second-order valence-electron chi connectivity index (χ2n) is 4.52. The molecule has 0 aliphatic carbocycles. The molecule has 0 aliphatic rings. The monoisotopic (exact) mass is 322 g/mol. The topological polar surface area (TPSA) is 115 Å². The molecule has 0 saturated carbocycles. The summed E-state index contributed by atoms with van der Waals surface area (Å²) < 4.78 is 5.44. The summed E-state index contributed by atoms with van der Waals surface area (Å²) in [5.41, 5.74) is -0.263. The Bertz CT molecular complexity index is 916. The number of rotatable bonds is 1. The van der Waals surface area contributed by atoms with Crippen LogP contribution in [0.15, 0.2) is 40.8 Å². The molecule has 22 heavy (non-hydrogen) atoms. The molecule has 0 amide bonds. The molecule has 0 radical (unpaired) electrons. The Morgan fingerprint density at radius 3 is 2.32 bits per heavy atom. The number of halogens is 1. The quantitative estimate of drug-likeness (QED) is 0.426. The molecule has 0 spiro atoms. The third-order valence-electron chi connectivity index (χ3n) is 3.06. The summed E-state index contributed by atoms with van der Waals surface area (Å²) in [6.07, 6.45) is 0. The van der Waals surface area contributed by atoms with Crippen LogP contribution in [-0.4, -0.2) is 25.2 Å². The molecule has 0 saturated heterocycles. The molecule has 0 unspecified atom stereocenters. The summed E-state index contributed by atoms with van der Waals surface area (Å²) in [4.78, 5) is 10.0. The van der Waals surface area contributed by atoms with E-state index in [1.54, 1.807) is 12.1 Å². The van der Waals surface area contributed by atoms with Crippen LogP contribution in [0.2, 0.25) is 0 Å². The Morgan fingerprint density at radius 2 is 1.64 bits per heavy atom. The Labute approximate surface area is 129 Å². The fourth-order valence-electron chi connectivity index (χ4n) is 2.13. The number of aromatic hydroxyl groups is 4. The van der Waals surface area contributed by atoms with Gasteiger partial charge in [-0.15, -0.1) is 0 Å². The first kappa shape index (κ1) is 15.5. The molecule has 0 atom stereocenters. The maximum atomic E-state index is 10.0. The standard InChI is InChI=1S/C15H10O6.ClH/c16-8-3-1-2-7(4-8)15-14(20)13(19)12-10(18)5-9(17)6-11(12)21-15;/h1-6,16-18,20H;1H. The van der Waals surface area contributed by atoms with Crippen molar-refractivity contribution in [2.75, 3.05) is 0 Å². The third kappa shape index (κ3) is 2.40. The molecule has 2 aromatic carbocycles. The van der Waals surface area contributed by atoms with Crippen molar-refractivity contribution in [1.29, 1.82) is 0 Å². The van der Waals surface area contributed by atoms with Gasteiger partial charge in [0.15, 0.2) is 16.7 Å². The average Bonchev–Trinajstić information content (AvgIpc) is 2.42. The lowest BCUT2D eigenvalue weighted by Crippen LogP contribution is -3.00. The van der Waals surface area contributed by atoms with Gasteiger partial charge >= 0.3 is 5.43 Å². The molecule has 3 aromatic rings. The highest BCUT2D eigenvalue weighted by molar-refractivity contribution is 5.87. The van der Waals surface area contributed by atoms with Crippen molar-refractivity contribution < 1.29 is 42.0 Å². The predicted octanol–water partition coefficient (Wildman–Crippen LogP) is -1.07. The van der Waals surface area contributed by atoms with E-state index in [2.05, 4.69) is 0 Å². The molecule has 0 bridgehead atoms. The second-order valence-corrected chi connectivity index (χ2v) is 4.52. The highest BCUT2D eigenvalue weighted by Crippen LogP contribution is 2.35. The minimum Gasteiger partial charge on any atom is -1.00 e. The average molecular weight is 323 g/mol. The van der Waals surface area contributed by atoms with Crippen LogP contribution >= 0.6 is 0 Å². The number of phenolic OH excluding ortho intramolecular Hbond substituents is 3. The van der Waals surface area contributed by atoms with Gasteiger partial charge in [-0.1, -0.05) is 12.1 Å². The van der Waals surface area contributed by atoms with E-state index in [4.69, 9.17) is 4.42 Å². The zero-order valence-electron chi connectivity index (χ0n) is 11.0. The lowest BCUT2D eigenvalue weighted by molar-refractivity contribution is -0.00000948. The molecule has 1 heterocycles. The number of phenols is 3. The van der Waals surface area contributed by atoms with Crippen molar-refractivity contribution >= 4 is 11.0 Å². The van der Waals surface area contributed by atoms with Crippen LogP contribution in [0, 0.1) is 0 Å². The number of benzene rings is 2. The van der Waals surface area contributed by atoms with Gasteiger partial charge in [-0.05, 0) is 12.1 Å². The van der Waals surface area contributed by atoms with Crippen LogP contribution in [0.5, 0.6) is 23.0 Å². The summed E-state index contributed by atoms with van der Waals surface area (Å²) in [5, 5.41) is 38.6. The van der Waals surface area contributed by atoms with Gasteiger partial charge in [-0.2, -0.15) is 0 Å². The van der Waals surface area contributed by atoms with Crippen molar-refractivity contribution in [3.05, 3.63) is 41.8 Å². The number of hydrogen-bond donors (Lipinski definition) is 4. The van der Waals surface area contributed by atoms with Gasteiger partial charge in [0.1, 0.15) is 17.2 Å². The van der Waals surface area contributed by atoms with Crippen molar-refractivity contribution in [2.45, 2.75) is 0 Å². The van der Waals surface area contributed by atoms with Crippen molar-refractivity contribution in [3.63, 3.8) is 0 Å². The third-order valence-corrected chi connectivity index (χ3v) is 3.06. The summed E-state index contributed by atoms with van der Waals surface area (Å²) in [6.45, 7) is 0. The van der Waals surface area contributed by atoms with Gasteiger partial charge in [0, 0.05) is 17.7 Å². The maximum absolute atomic E-state index is 10.0. The predicted molar refractivity (Wildman–Crippen MR) is 73.4 cm³/mol. The van der Waals surface area contributed by atoms with E-state index >= 15 is 0 Å². The Hall–Kier alpha value is -2.86. The molecular weight excluding hydrogens is 312 g/mol. The SMILES string of the molecule is Oc1cccc(-c2oc3cc(O)cc(O)c3c(=[OH+])c2O)c1.[Cl-]. The van der Waals surface area contributed by atoms with Crippen molar-refractivity contribution in [3.8, 4) is 34.3 Å². The van der Waals surface area contributed by atoms with E-state index in [9.17, 15) is 25.2 Å². The zero-order valence-corrected chi connectivity index (χ0v) is 11.7. The van der Waals surface area contributed by atoms with Crippen LogP contribution in [-0.2, 0) is 0 Å². The normalized spacial score (nSPS) is 10.4. The van der Waals surface area contributed by atoms with E-state index in [1.165, 1.54) is 18.2 Å². The first-order valence-electron chi connectivity index (χ1n) is 6.00. The molecule has 0 aliphatic heterocycles. The van der Waals surface area contributed by atoms with Crippen LogP contribution in [0.4, 0.5) is 0 Å². The molecule has 6 nitrogen and oxygen atoms in total. The van der Waals surface area contributed by atoms with Gasteiger partial charge in [0.05, 0.1) is 0 Å². The number of fused-ring (bicyclic) bond motifs is 1. The van der Waals surface area contributed by atoms with Gasteiger partial charge in [0.25, 0.3) is 5.75 Å². The first-order chi connectivity index (χ1) is 9.97. The second kappa shape index (κ2) is 5.50. The van der Waals surface area contributed by atoms with E-state index in [0.29, 0.717) is 5.56 Å². The molecule has 7 heteroatoms. The largest absolute Gasteiger partial charge is 1.00 e. The zero-order chi connectivity index (χ0) is 15.1. The summed E-state index contributed by atoms with van der Waals surface area (Å²) >= 11 is 0. The lowest BCUT2D eigenvalue weighted by atomic mass is 10.1. The van der Waals surface area contributed by atoms with Gasteiger partial charge in [-0.25, -0.2) is 0 Å². The fraction of sp³-hybridized carbons (Fsp3) is 0. The molecule has 1 aromatic heterocycles. The first-order valence-corrected chi connectivity index (χ1v) is 6.00. The van der Waals surface area contributed by atoms with E-state index < -0.39 is 16.9 Å². The number of hydrogen-bond acceptors (Lipinski definition) is 5. The highest BCUT2D eigenvalue weighted by Gasteiger charge is 2.22. The summed E-state index contributed by atoms with van der Waals surface area (Å²) in [5.74, 6) is -1.39. The van der Waals surface area contributed by atoms with Crippen molar-refractivity contribution in [2.24, 2.45) is 0 Å². The van der Waals surface area contributed by atoms with Crippen LogP contribution < -0.4 is 17.8 Å². The van der Waals surface area contributed by atoms with Crippen LogP contribution in [0.1, 0.15) is 0 Å². The van der Waals surface area contributed by atoms with Gasteiger partial charge < -0.3 is 37.3 Å². The molecule has 114 valence electrons. The smallest absolute Gasteiger partial charge is 0.399 e. The molecular formula is C15H11ClO6. The summed E-state index contributed by atoms with van der Waals surface area (Å²) in [7, 11) is 0. The van der Waals surface area contributed by atoms with Crippen LogP contribution in [0.3, 0.4) is 0 Å². The summed E-state index contributed by atoms with van der Waals surface area (Å²) in [6, 6.07) is 8.10. The van der Waals surface area contributed by atoms with E-state index in [1.807, 2.05) is 0 Å². The van der Waals surface area contributed by atoms with Gasteiger partial charge in [-0.3, -0.25) is 4.79 Å². The van der Waals surface area contributed by atoms with E-state index in [-0.39, 0.29) is 40.6 Å². The molecule has 0 fully saturated rings. The molecule has 3 rings (SSSR count). The van der Waals surface area contributed by atoms with E-state index in [0.717, 1.165) is 6.07 Å². The Kier molecular flexibility index (Phi) is 3.88.